The largest absolute Gasteiger partial charge is 0.416 e. The Kier molecular flexibility index (Phi) is 6.40. The van der Waals surface area contributed by atoms with E-state index in [0.717, 1.165) is 31.2 Å². The molecule has 1 nitrogen and oxygen atoms in total. The Bertz CT molecular complexity index is 431. The summed E-state index contributed by atoms with van der Waals surface area (Å²) in [7, 11) is 0. The lowest BCUT2D eigenvalue weighted by Crippen LogP contribution is -2.37. The summed E-state index contributed by atoms with van der Waals surface area (Å²) < 4.78 is 47.6. The summed E-state index contributed by atoms with van der Waals surface area (Å²) in [6, 6.07) is 5.53. The van der Waals surface area contributed by atoms with Gasteiger partial charge >= 0.3 is 6.18 Å². The van der Waals surface area contributed by atoms with Crippen molar-refractivity contribution in [1.29, 1.82) is 0 Å². The molecule has 0 aliphatic heterocycles. The minimum Gasteiger partial charge on any atom is -0.330 e. The minimum atomic E-state index is -4.26. The van der Waals surface area contributed by atoms with Gasteiger partial charge in [-0.25, -0.2) is 4.39 Å². The van der Waals surface area contributed by atoms with Gasteiger partial charge in [0.1, 0.15) is 0 Å². The molecule has 0 amide bonds. The SMILES string of the molecule is C=CF.NCC1(c2ccc(C(F)(F)F)cc2)CCCCC1. The molecule has 0 unspecified atom stereocenters. The lowest BCUT2D eigenvalue weighted by atomic mass is 9.69. The zero-order valence-corrected chi connectivity index (χ0v) is 11.9. The molecular formula is C16H21F4N. The average molecular weight is 303 g/mol. The van der Waals surface area contributed by atoms with Gasteiger partial charge in [-0.3, -0.25) is 0 Å². The van der Waals surface area contributed by atoms with Gasteiger partial charge in [0, 0.05) is 12.0 Å². The molecule has 1 saturated carbocycles. The molecule has 1 aliphatic carbocycles. The number of hydrogen-bond donors (Lipinski definition) is 1. The van der Waals surface area contributed by atoms with Crippen LogP contribution in [0, 0.1) is 0 Å². The van der Waals surface area contributed by atoms with Gasteiger partial charge in [0.15, 0.2) is 0 Å². The van der Waals surface area contributed by atoms with Crippen LogP contribution in [0.5, 0.6) is 0 Å². The highest BCUT2D eigenvalue weighted by molar-refractivity contribution is 5.31. The van der Waals surface area contributed by atoms with E-state index >= 15 is 0 Å². The molecule has 5 heteroatoms. The van der Waals surface area contributed by atoms with Gasteiger partial charge in [-0.1, -0.05) is 38.0 Å². The maximum atomic E-state index is 12.5. The molecule has 118 valence electrons. The van der Waals surface area contributed by atoms with Crippen molar-refractivity contribution >= 4 is 0 Å². The van der Waals surface area contributed by atoms with Crippen molar-refractivity contribution in [1.82, 2.24) is 0 Å². The van der Waals surface area contributed by atoms with Crippen molar-refractivity contribution < 1.29 is 17.6 Å². The highest BCUT2D eigenvalue weighted by Crippen LogP contribution is 2.39. The summed E-state index contributed by atoms with van der Waals surface area (Å²) in [6.07, 6.45) is 1.36. The van der Waals surface area contributed by atoms with Gasteiger partial charge in [0.2, 0.25) is 0 Å². The molecule has 0 saturated heterocycles. The van der Waals surface area contributed by atoms with E-state index in [-0.39, 0.29) is 11.7 Å². The van der Waals surface area contributed by atoms with Crippen LogP contribution in [0.1, 0.15) is 43.2 Å². The van der Waals surface area contributed by atoms with E-state index < -0.39 is 11.7 Å². The first kappa shape index (κ1) is 17.7. The molecule has 21 heavy (non-hydrogen) atoms. The third-order valence-corrected chi connectivity index (χ3v) is 4.03. The zero-order valence-electron chi connectivity index (χ0n) is 11.9. The van der Waals surface area contributed by atoms with Crippen molar-refractivity contribution in [3.05, 3.63) is 48.3 Å². The van der Waals surface area contributed by atoms with Crippen LogP contribution in [0.4, 0.5) is 17.6 Å². The Balaban J connectivity index is 0.000000677. The summed E-state index contributed by atoms with van der Waals surface area (Å²) in [6.45, 7) is 3.21. The van der Waals surface area contributed by atoms with Gasteiger partial charge in [0.05, 0.1) is 11.9 Å². The molecule has 1 aromatic carbocycles. The quantitative estimate of drug-likeness (QED) is 0.767. The van der Waals surface area contributed by atoms with E-state index in [0.29, 0.717) is 6.54 Å². The number of rotatable bonds is 2. The van der Waals surface area contributed by atoms with E-state index in [4.69, 9.17) is 5.73 Å². The molecule has 0 bridgehead atoms. The third-order valence-electron chi connectivity index (χ3n) is 4.03. The van der Waals surface area contributed by atoms with Crippen LogP contribution in [0.15, 0.2) is 37.2 Å². The number of alkyl halides is 3. The first-order chi connectivity index (χ1) is 9.89. The normalized spacial score (nSPS) is 17.6. The molecule has 1 fully saturated rings. The van der Waals surface area contributed by atoms with Crippen molar-refractivity contribution in [2.75, 3.05) is 6.54 Å². The van der Waals surface area contributed by atoms with E-state index in [1.54, 1.807) is 12.1 Å². The molecule has 0 spiro atoms. The molecule has 1 aliphatic rings. The van der Waals surface area contributed by atoms with Crippen molar-refractivity contribution in [2.45, 2.75) is 43.7 Å². The molecule has 0 atom stereocenters. The molecule has 2 rings (SSSR count). The maximum absolute atomic E-state index is 12.5. The van der Waals surface area contributed by atoms with Crippen LogP contribution in [0.25, 0.3) is 0 Å². The fraction of sp³-hybridized carbons (Fsp3) is 0.500. The van der Waals surface area contributed by atoms with Gasteiger partial charge in [-0.15, -0.1) is 0 Å². The highest BCUT2D eigenvalue weighted by Gasteiger charge is 2.34. The van der Waals surface area contributed by atoms with Crippen molar-refractivity contribution in [3.63, 3.8) is 0 Å². The fourth-order valence-corrected chi connectivity index (χ4v) is 2.85. The van der Waals surface area contributed by atoms with E-state index in [2.05, 4.69) is 6.58 Å². The van der Waals surface area contributed by atoms with Crippen molar-refractivity contribution in [2.24, 2.45) is 5.73 Å². The number of hydrogen-bond acceptors (Lipinski definition) is 1. The monoisotopic (exact) mass is 303 g/mol. The minimum absolute atomic E-state index is 0.109. The topological polar surface area (TPSA) is 26.0 Å². The van der Waals surface area contributed by atoms with Crippen LogP contribution in [0.2, 0.25) is 0 Å². The number of nitrogens with two attached hydrogens (primary N) is 1. The summed E-state index contributed by atoms with van der Waals surface area (Å²) in [4.78, 5) is 0. The van der Waals surface area contributed by atoms with E-state index in [9.17, 15) is 17.6 Å². The predicted octanol–water partition coefficient (Wildman–Crippen LogP) is 4.97. The van der Waals surface area contributed by atoms with Gasteiger partial charge in [-0.2, -0.15) is 13.2 Å². The Morgan fingerprint density at radius 2 is 1.57 bits per heavy atom. The molecular weight excluding hydrogens is 282 g/mol. The standard InChI is InChI=1S/C14H18F3N.C2H3F/c15-14(16,17)12-6-4-11(5-7-12)13(10-18)8-2-1-3-9-13;1-2-3/h4-7H,1-3,8-10,18H2;2H,1H2. The predicted molar refractivity (Wildman–Crippen MR) is 76.6 cm³/mol. The lowest BCUT2D eigenvalue weighted by Gasteiger charge is -2.37. The second-order valence-corrected chi connectivity index (χ2v) is 5.27. The smallest absolute Gasteiger partial charge is 0.330 e. The molecule has 0 aromatic heterocycles. The van der Waals surface area contributed by atoms with Crippen LogP contribution >= 0.6 is 0 Å². The fourth-order valence-electron chi connectivity index (χ4n) is 2.85. The number of halogens is 4. The maximum Gasteiger partial charge on any atom is 0.416 e. The van der Waals surface area contributed by atoms with Gasteiger partial charge in [0.25, 0.3) is 0 Å². The lowest BCUT2D eigenvalue weighted by molar-refractivity contribution is -0.137. The summed E-state index contributed by atoms with van der Waals surface area (Å²) in [5.41, 5.74) is 6.13. The Morgan fingerprint density at radius 1 is 1.10 bits per heavy atom. The number of benzene rings is 1. The highest BCUT2D eigenvalue weighted by atomic mass is 19.4. The van der Waals surface area contributed by atoms with Crippen LogP contribution < -0.4 is 5.73 Å². The second-order valence-electron chi connectivity index (χ2n) is 5.27. The van der Waals surface area contributed by atoms with Gasteiger partial charge in [-0.05, 0) is 30.5 Å². The zero-order chi connectivity index (χ0) is 15.9. The Hall–Kier alpha value is -1.36. The summed E-state index contributed by atoms with van der Waals surface area (Å²) in [5.74, 6) is 0. The van der Waals surface area contributed by atoms with Crippen LogP contribution in [0.3, 0.4) is 0 Å². The Morgan fingerprint density at radius 3 is 1.95 bits per heavy atom. The summed E-state index contributed by atoms with van der Waals surface area (Å²) in [5, 5.41) is 0. The first-order valence-electron chi connectivity index (χ1n) is 6.98. The van der Waals surface area contributed by atoms with Crippen LogP contribution in [-0.4, -0.2) is 6.54 Å². The van der Waals surface area contributed by atoms with Gasteiger partial charge < -0.3 is 5.73 Å². The molecule has 1 aromatic rings. The van der Waals surface area contributed by atoms with Crippen molar-refractivity contribution in [3.8, 4) is 0 Å². The molecule has 0 heterocycles. The second kappa shape index (κ2) is 7.59. The Labute approximate surface area is 122 Å². The van der Waals surface area contributed by atoms with E-state index in [1.807, 2.05) is 0 Å². The summed E-state index contributed by atoms with van der Waals surface area (Å²) >= 11 is 0. The average Bonchev–Trinajstić information content (AvgIpc) is 2.48. The first-order valence-corrected chi connectivity index (χ1v) is 6.98. The molecule has 0 radical (unpaired) electrons. The van der Waals surface area contributed by atoms with E-state index in [1.165, 1.54) is 18.6 Å². The molecule has 2 N–H and O–H groups in total. The third kappa shape index (κ3) is 4.56. The van der Waals surface area contributed by atoms with Crippen LogP contribution in [-0.2, 0) is 11.6 Å².